The predicted octanol–water partition coefficient (Wildman–Crippen LogP) is 0.920. The summed E-state index contributed by atoms with van der Waals surface area (Å²) in [6.45, 7) is 8.06. The first kappa shape index (κ1) is 16.2. The highest BCUT2D eigenvalue weighted by Crippen LogP contribution is 2.15. The molecule has 19 heavy (non-hydrogen) atoms. The van der Waals surface area contributed by atoms with Gasteiger partial charge in [0.1, 0.15) is 0 Å². The standard InChI is InChI=1S/C14H30N4O/c1-4-15-14(16-8-5-11-19-3)17-12-13-6-9-18(2)10-7-13/h13H,4-12H2,1-3H3,(H2,15,16,17). The van der Waals surface area contributed by atoms with Gasteiger partial charge in [-0.25, -0.2) is 0 Å². The number of rotatable bonds is 7. The number of nitrogens with one attached hydrogen (secondary N) is 2. The van der Waals surface area contributed by atoms with Crippen LogP contribution in [0.4, 0.5) is 0 Å². The lowest BCUT2D eigenvalue weighted by Gasteiger charge is -2.28. The minimum absolute atomic E-state index is 0.741. The summed E-state index contributed by atoms with van der Waals surface area (Å²) in [6.07, 6.45) is 3.54. The highest BCUT2D eigenvalue weighted by molar-refractivity contribution is 5.79. The molecule has 0 amide bonds. The Balaban J connectivity index is 2.26. The second kappa shape index (κ2) is 10.0. The summed E-state index contributed by atoms with van der Waals surface area (Å²) in [6, 6.07) is 0. The number of ether oxygens (including phenoxy) is 1. The summed E-state index contributed by atoms with van der Waals surface area (Å²) >= 11 is 0. The summed E-state index contributed by atoms with van der Waals surface area (Å²) in [5, 5.41) is 6.65. The second-order valence-electron chi connectivity index (χ2n) is 5.24. The van der Waals surface area contributed by atoms with Gasteiger partial charge in [0.25, 0.3) is 0 Å². The number of hydrogen-bond donors (Lipinski definition) is 2. The number of likely N-dealkylation sites (tertiary alicyclic amines) is 1. The van der Waals surface area contributed by atoms with Gasteiger partial charge in [0.15, 0.2) is 5.96 Å². The number of methoxy groups -OCH3 is 1. The van der Waals surface area contributed by atoms with E-state index in [1.807, 2.05) is 0 Å². The van der Waals surface area contributed by atoms with Crippen molar-refractivity contribution in [2.45, 2.75) is 26.2 Å². The highest BCUT2D eigenvalue weighted by atomic mass is 16.5. The van der Waals surface area contributed by atoms with E-state index in [1.54, 1.807) is 7.11 Å². The molecule has 1 rings (SSSR count). The van der Waals surface area contributed by atoms with E-state index in [1.165, 1.54) is 25.9 Å². The van der Waals surface area contributed by atoms with Gasteiger partial charge in [-0.3, -0.25) is 4.99 Å². The van der Waals surface area contributed by atoms with Crippen molar-refractivity contribution in [3.8, 4) is 0 Å². The minimum Gasteiger partial charge on any atom is -0.385 e. The van der Waals surface area contributed by atoms with Crippen LogP contribution in [0, 0.1) is 5.92 Å². The van der Waals surface area contributed by atoms with Crippen molar-refractivity contribution < 1.29 is 4.74 Å². The Morgan fingerprint density at radius 3 is 2.68 bits per heavy atom. The third-order valence-electron chi connectivity index (χ3n) is 3.51. The summed E-state index contributed by atoms with van der Waals surface area (Å²) in [4.78, 5) is 7.09. The van der Waals surface area contributed by atoms with Crippen molar-refractivity contribution in [2.75, 3.05) is 53.5 Å². The number of nitrogens with zero attached hydrogens (tertiary/aromatic N) is 2. The summed E-state index contributed by atoms with van der Waals surface area (Å²) < 4.78 is 5.04. The summed E-state index contributed by atoms with van der Waals surface area (Å²) in [7, 11) is 3.93. The van der Waals surface area contributed by atoms with E-state index in [2.05, 4.69) is 29.5 Å². The molecule has 5 heteroatoms. The molecule has 0 atom stereocenters. The van der Waals surface area contributed by atoms with Gasteiger partial charge < -0.3 is 20.3 Å². The average Bonchev–Trinajstić information content (AvgIpc) is 2.42. The van der Waals surface area contributed by atoms with E-state index >= 15 is 0 Å². The van der Waals surface area contributed by atoms with E-state index in [9.17, 15) is 0 Å². The number of guanidine groups is 1. The van der Waals surface area contributed by atoms with E-state index in [0.29, 0.717) is 0 Å². The molecule has 0 aromatic carbocycles. The third-order valence-corrected chi connectivity index (χ3v) is 3.51. The van der Waals surface area contributed by atoms with Gasteiger partial charge in [-0.15, -0.1) is 0 Å². The van der Waals surface area contributed by atoms with Crippen molar-refractivity contribution in [1.82, 2.24) is 15.5 Å². The fourth-order valence-corrected chi connectivity index (χ4v) is 2.23. The number of piperidine rings is 1. The first-order valence-electron chi connectivity index (χ1n) is 7.46. The number of aliphatic imine (C=N–C) groups is 1. The van der Waals surface area contributed by atoms with Crippen LogP contribution in [0.15, 0.2) is 4.99 Å². The van der Waals surface area contributed by atoms with E-state index in [4.69, 9.17) is 9.73 Å². The third kappa shape index (κ3) is 7.38. The van der Waals surface area contributed by atoms with Gasteiger partial charge >= 0.3 is 0 Å². The van der Waals surface area contributed by atoms with Gasteiger partial charge in [-0.1, -0.05) is 0 Å². The maximum Gasteiger partial charge on any atom is 0.191 e. The molecule has 0 saturated carbocycles. The zero-order valence-corrected chi connectivity index (χ0v) is 12.7. The lowest BCUT2D eigenvalue weighted by atomic mass is 9.97. The maximum atomic E-state index is 5.04. The fraction of sp³-hybridized carbons (Fsp3) is 0.929. The van der Waals surface area contributed by atoms with Crippen LogP contribution in [0.2, 0.25) is 0 Å². The first-order valence-corrected chi connectivity index (χ1v) is 7.46. The van der Waals surface area contributed by atoms with Crippen molar-refractivity contribution in [3.63, 3.8) is 0 Å². The van der Waals surface area contributed by atoms with Crippen LogP contribution in [0.1, 0.15) is 26.2 Å². The monoisotopic (exact) mass is 270 g/mol. The molecule has 0 aromatic heterocycles. The normalized spacial score (nSPS) is 18.6. The molecule has 0 aliphatic carbocycles. The van der Waals surface area contributed by atoms with Gasteiger partial charge in [-0.05, 0) is 52.2 Å². The molecule has 0 aromatic rings. The zero-order chi connectivity index (χ0) is 13.9. The molecule has 0 radical (unpaired) electrons. The van der Waals surface area contributed by atoms with Gasteiger partial charge in [0.05, 0.1) is 0 Å². The van der Waals surface area contributed by atoms with Crippen molar-refractivity contribution in [1.29, 1.82) is 0 Å². The van der Waals surface area contributed by atoms with Gasteiger partial charge in [-0.2, -0.15) is 0 Å². The van der Waals surface area contributed by atoms with Crippen molar-refractivity contribution >= 4 is 5.96 Å². The molecule has 1 aliphatic heterocycles. The van der Waals surface area contributed by atoms with Crippen LogP contribution < -0.4 is 10.6 Å². The Morgan fingerprint density at radius 2 is 2.05 bits per heavy atom. The summed E-state index contributed by atoms with van der Waals surface area (Å²) in [5.74, 6) is 1.68. The number of hydrogen-bond acceptors (Lipinski definition) is 3. The Bertz CT molecular complexity index is 250. The van der Waals surface area contributed by atoms with Crippen LogP contribution in [-0.2, 0) is 4.74 Å². The van der Waals surface area contributed by atoms with E-state index in [-0.39, 0.29) is 0 Å². The topological polar surface area (TPSA) is 48.9 Å². The average molecular weight is 270 g/mol. The fourth-order valence-electron chi connectivity index (χ4n) is 2.23. The first-order chi connectivity index (χ1) is 9.26. The SMILES string of the molecule is CCNC(=NCC1CCN(C)CC1)NCCCOC. The van der Waals surface area contributed by atoms with Crippen molar-refractivity contribution in [3.05, 3.63) is 0 Å². The highest BCUT2D eigenvalue weighted by Gasteiger charge is 2.16. The largest absolute Gasteiger partial charge is 0.385 e. The Kier molecular flexibility index (Phi) is 8.58. The maximum absolute atomic E-state index is 5.04. The van der Waals surface area contributed by atoms with Crippen LogP contribution in [0.3, 0.4) is 0 Å². The zero-order valence-electron chi connectivity index (χ0n) is 12.7. The van der Waals surface area contributed by atoms with E-state index < -0.39 is 0 Å². The lowest BCUT2D eigenvalue weighted by molar-refractivity contribution is 0.195. The molecule has 2 N–H and O–H groups in total. The second-order valence-corrected chi connectivity index (χ2v) is 5.24. The molecule has 5 nitrogen and oxygen atoms in total. The molecule has 112 valence electrons. The lowest BCUT2D eigenvalue weighted by Crippen LogP contribution is -2.39. The molecule has 0 unspecified atom stereocenters. The Hall–Kier alpha value is -0.810. The molecule has 0 bridgehead atoms. The van der Waals surface area contributed by atoms with Gasteiger partial charge in [0.2, 0.25) is 0 Å². The molecule has 1 aliphatic rings. The predicted molar refractivity (Wildman–Crippen MR) is 80.7 cm³/mol. The molecule has 1 fully saturated rings. The van der Waals surface area contributed by atoms with Crippen LogP contribution >= 0.6 is 0 Å². The van der Waals surface area contributed by atoms with Crippen LogP contribution in [0.25, 0.3) is 0 Å². The minimum atomic E-state index is 0.741. The molecular weight excluding hydrogens is 240 g/mol. The summed E-state index contributed by atoms with van der Waals surface area (Å²) in [5.41, 5.74) is 0. The Morgan fingerprint density at radius 1 is 1.32 bits per heavy atom. The Labute approximate surface area is 117 Å². The van der Waals surface area contributed by atoms with Crippen molar-refractivity contribution in [2.24, 2.45) is 10.9 Å². The smallest absolute Gasteiger partial charge is 0.191 e. The quantitative estimate of drug-likeness (QED) is 0.410. The van der Waals surface area contributed by atoms with Gasteiger partial charge in [0, 0.05) is 33.4 Å². The molecule has 0 spiro atoms. The molecule has 1 saturated heterocycles. The van der Waals surface area contributed by atoms with Crippen LogP contribution in [-0.4, -0.2) is 64.3 Å². The molecule has 1 heterocycles. The van der Waals surface area contributed by atoms with E-state index in [0.717, 1.165) is 44.5 Å². The van der Waals surface area contributed by atoms with Crippen LogP contribution in [0.5, 0.6) is 0 Å². The molecular formula is C14H30N4O.